The number of para-hydroxylation sites is 1. The first kappa shape index (κ1) is 25.3. The number of hydrogen-bond acceptors (Lipinski definition) is 0. The Bertz CT molecular complexity index is 1710. The van der Waals surface area contributed by atoms with Crippen LogP contribution in [0.2, 0.25) is 0 Å². The second-order valence-corrected chi connectivity index (χ2v) is 9.95. The summed E-state index contributed by atoms with van der Waals surface area (Å²) in [4.78, 5) is 0. The monoisotopic (exact) mass is 493 g/mol. The molecule has 1 atom stereocenters. The van der Waals surface area contributed by atoms with Crippen molar-refractivity contribution in [3.63, 3.8) is 0 Å². The first-order valence-corrected chi connectivity index (χ1v) is 13.4. The summed E-state index contributed by atoms with van der Waals surface area (Å²) in [5.74, 6) is 0.265. The predicted molar refractivity (Wildman–Crippen MR) is 167 cm³/mol. The van der Waals surface area contributed by atoms with E-state index in [0.29, 0.717) is 0 Å². The number of aromatic nitrogens is 1. The third-order valence-electron chi connectivity index (χ3n) is 7.67. The van der Waals surface area contributed by atoms with E-state index in [1.807, 2.05) is 12.2 Å². The van der Waals surface area contributed by atoms with Crippen LogP contribution in [-0.2, 0) is 0 Å². The van der Waals surface area contributed by atoms with Gasteiger partial charge in [0.1, 0.15) is 0 Å². The smallest absolute Gasteiger partial charge is 0.0544 e. The first-order chi connectivity index (χ1) is 18.5. The normalized spacial score (nSPS) is 13.5. The molecule has 5 aromatic rings. The highest BCUT2D eigenvalue weighted by atomic mass is 15.0. The molecule has 188 valence electrons. The number of allylic oxidation sites excluding steroid dienone is 7. The summed E-state index contributed by atoms with van der Waals surface area (Å²) in [6, 6.07) is 33.1. The molecule has 4 aromatic carbocycles. The van der Waals surface area contributed by atoms with Crippen molar-refractivity contribution in [1.82, 2.24) is 4.57 Å². The molecule has 1 unspecified atom stereocenters. The maximum Gasteiger partial charge on any atom is 0.0544 e. The van der Waals surface area contributed by atoms with Gasteiger partial charge in [0, 0.05) is 22.4 Å². The van der Waals surface area contributed by atoms with Crippen LogP contribution in [0.1, 0.15) is 44.7 Å². The Morgan fingerprint density at radius 3 is 2.26 bits per heavy atom. The molecule has 38 heavy (non-hydrogen) atoms. The zero-order chi connectivity index (χ0) is 26.6. The van der Waals surface area contributed by atoms with E-state index in [1.165, 1.54) is 60.9 Å². The topological polar surface area (TPSA) is 4.93 Å². The van der Waals surface area contributed by atoms with Gasteiger partial charge in [-0.2, -0.15) is 0 Å². The number of fused-ring (bicyclic) bond motifs is 3. The molecule has 0 aliphatic carbocycles. The van der Waals surface area contributed by atoms with Crippen molar-refractivity contribution >= 4 is 27.4 Å². The number of hydrogen-bond donors (Lipinski definition) is 0. The first-order valence-electron chi connectivity index (χ1n) is 13.4. The van der Waals surface area contributed by atoms with E-state index in [0.717, 1.165) is 0 Å². The average Bonchev–Trinajstić information content (AvgIpc) is 3.29. The van der Waals surface area contributed by atoms with Crippen molar-refractivity contribution < 1.29 is 0 Å². The van der Waals surface area contributed by atoms with Crippen molar-refractivity contribution in [2.75, 3.05) is 0 Å². The molecule has 5 rings (SSSR count). The van der Waals surface area contributed by atoms with Crippen LogP contribution in [0.4, 0.5) is 0 Å². The largest absolute Gasteiger partial charge is 0.309 e. The van der Waals surface area contributed by atoms with Crippen LogP contribution in [0, 0.1) is 0 Å². The number of rotatable bonds is 7. The fourth-order valence-corrected chi connectivity index (χ4v) is 5.30. The van der Waals surface area contributed by atoms with Gasteiger partial charge in [-0.3, -0.25) is 0 Å². The lowest BCUT2D eigenvalue weighted by Gasteiger charge is -2.19. The molecule has 0 amide bonds. The highest BCUT2D eigenvalue weighted by Crippen LogP contribution is 2.39. The minimum Gasteiger partial charge on any atom is -0.309 e. The van der Waals surface area contributed by atoms with Crippen LogP contribution >= 0.6 is 0 Å². The molecule has 0 N–H and O–H groups in total. The van der Waals surface area contributed by atoms with Gasteiger partial charge in [-0.15, -0.1) is 0 Å². The van der Waals surface area contributed by atoms with E-state index in [9.17, 15) is 0 Å². The molecule has 0 bridgehead atoms. The summed E-state index contributed by atoms with van der Waals surface area (Å²) in [6.45, 7) is 12.7. The summed E-state index contributed by atoms with van der Waals surface area (Å²) < 4.78 is 2.43. The van der Waals surface area contributed by atoms with E-state index in [4.69, 9.17) is 0 Å². The van der Waals surface area contributed by atoms with Crippen LogP contribution in [-0.4, -0.2) is 4.57 Å². The summed E-state index contributed by atoms with van der Waals surface area (Å²) in [5, 5.41) is 2.56. The lowest BCUT2D eigenvalue weighted by Crippen LogP contribution is -2.02. The molecule has 0 saturated carbocycles. The van der Waals surface area contributed by atoms with Crippen LogP contribution in [0.3, 0.4) is 0 Å². The molecule has 1 heteroatoms. The standard InChI is InChI=1S/C37H35N/c1-6-8-10-16-27(4)28(5)34-25-37-35(24-33(34)26(3)7-2)32-21-13-14-22-36(32)38(37)31-20-15-19-30(23-31)29-17-11-9-12-18-29/h6-25,28H,1H2,2-5H3/b10-8-,26-7+,27-16+. The lowest BCUT2D eigenvalue weighted by atomic mass is 9.86. The Morgan fingerprint density at radius 1 is 0.763 bits per heavy atom. The second-order valence-electron chi connectivity index (χ2n) is 9.95. The van der Waals surface area contributed by atoms with Gasteiger partial charge in [0.25, 0.3) is 0 Å². The van der Waals surface area contributed by atoms with Gasteiger partial charge in [-0.25, -0.2) is 0 Å². The van der Waals surface area contributed by atoms with Crippen molar-refractivity contribution in [2.45, 2.75) is 33.6 Å². The Kier molecular flexibility index (Phi) is 7.29. The molecule has 0 spiro atoms. The van der Waals surface area contributed by atoms with Gasteiger partial charge in [0.2, 0.25) is 0 Å². The molecule has 0 aliphatic rings. The van der Waals surface area contributed by atoms with E-state index in [2.05, 4.69) is 148 Å². The van der Waals surface area contributed by atoms with Gasteiger partial charge >= 0.3 is 0 Å². The van der Waals surface area contributed by atoms with Gasteiger partial charge in [0.15, 0.2) is 0 Å². The van der Waals surface area contributed by atoms with Crippen LogP contribution < -0.4 is 0 Å². The minimum atomic E-state index is 0.265. The highest BCUT2D eigenvalue weighted by Gasteiger charge is 2.19. The van der Waals surface area contributed by atoms with Crippen molar-refractivity contribution in [3.8, 4) is 16.8 Å². The Labute approximate surface area is 226 Å². The van der Waals surface area contributed by atoms with Crippen molar-refractivity contribution in [2.24, 2.45) is 0 Å². The average molecular weight is 494 g/mol. The van der Waals surface area contributed by atoms with Crippen LogP contribution in [0.15, 0.2) is 134 Å². The van der Waals surface area contributed by atoms with Crippen molar-refractivity contribution in [1.29, 1.82) is 0 Å². The number of benzene rings is 4. The van der Waals surface area contributed by atoms with Gasteiger partial charge < -0.3 is 4.57 Å². The molecular weight excluding hydrogens is 458 g/mol. The molecule has 1 nitrogen and oxygen atoms in total. The summed E-state index contributed by atoms with van der Waals surface area (Å²) >= 11 is 0. The molecule has 0 saturated heterocycles. The van der Waals surface area contributed by atoms with Gasteiger partial charge in [-0.05, 0) is 78.9 Å². The Hall–Kier alpha value is -4.36. The molecule has 1 heterocycles. The molecule has 0 aliphatic heterocycles. The van der Waals surface area contributed by atoms with E-state index < -0.39 is 0 Å². The van der Waals surface area contributed by atoms with E-state index >= 15 is 0 Å². The zero-order valence-corrected chi connectivity index (χ0v) is 22.8. The molecule has 0 radical (unpaired) electrons. The zero-order valence-electron chi connectivity index (χ0n) is 22.8. The SMILES string of the molecule is C=C/C=C\C=C(/C)C(C)c1cc2c(cc1/C(C)=C/C)c1ccccc1n2-c1cccc(-c2ccccc2)c1. The van der Waals surface area contributed by atoms with Crippen LogP contribution in [0.25, 0.3) is 44.2 Å². The van der Waals surface area contributed by atoms with Gasteiger partial charge in [-0.1, -0.05) is 110 Å². The van der Waals surface area contributed by atoms with Crippen molar-refractivity contribution in [3.05, 3.63) is 145 Å². The molecular formula is C37H35N. The highest BCUT2D eigenvalue weighted by molar-refractivity contribution is 6.10. The summed E-state index contributed by atoms with van der Waals surface area (Å²) in [5.41, 5.74) is 11.4. The minimum absolute atomic E-state index is 0.265. The summed E-state index contributed by atoms with van der Waals surface area (Å²) in [7, 11) is 0. The molecule has 1 aromatic heterocycles. The number of nitrogens with zero attached hydrogens (tertiary/aromatic N) is 1. The third kappa shape index (κ3) is 4.68. The third-order valence-corrected chi connectivity index (χ3v) is 7.67. The maximum absolute atomic E-state index is 3.80. The second kappa shape index (κ2) is 10.9. The van der Waals surface area contributed by atoms with E-state index in [1.54, 1.807) is 0 Å². The fourth-order valence-electron chi connectivity index (χ4n) is 5.30. The fraction of sp³-hybridized carbons (Fsp3) is 0.135. The van der Waals surface area contributed by atoms with Gasteiger partial charge in [0.05, 0.1) is 11.0 Å². The quantitative estimate of drug-likeness (QED) is 0.199. The van der Waals surface area contributed by atoms with E-state index in [-0.39, 0.29) is 5.92 Å². The van der Waals surface area contributed by atoms with Crippen LogP contribution in [0.5, 0.6) is 0 Å². The maximum atomic E-state index is 3.80. The Morgan fingerprint density at radius 2 is 1.50 bits per heavy atom. The lowest BCUT2D eigenvalue weighted by molar-refractivity contribution is 0.890. The Balaban J connectivity index is 1.80. The summed E-state index contributed by atoms with van der Waals surface area (Å²) in [6.07, 6.45) is 10.3. The molecule has 0 fully saturated rings. The predicted octanol–water partition coefficient (Wildman–Crippen LogP) is 10.7.